The molecule has 1 saturated heterocycles. The van der Waals surface area contributed by atoms with Crippen molar-refractivity contribution in [1.82, 2.24) is 4.90 Å². The van der Waals surface area contributed by atoms with E-state index < -0.39 is 0 Å². The summed E-state index contributed by atoms with van der Waals surface area (Å²) in [5.74, 6) is 0. The van der Waals surface area contributed by atoms with Gasteiger partial charge in [-0.1, -0.05) is 30.3 Å². The van der Waals surface area contributed by atoms with Crippen LogP contribution in [0.15, 0.2) is 30.3 Å². The average Bonchev–Trinajstić information content (AvgIpc) is 2.77. The van der Waals surface area contributed by atoms with Gasteiger partial charge < -0.3 is 4.85 Å². The SMILES string of the molecule is [C-]#[N+]C(C)C1CCCN1Cc1ccccc1. The quantitative estimate of drug-likeness (QED) is 0.702. The number of hydrogen-bond donors (Lipinski definition) is 0. The molecule has 0 spiro atoms. The largest absolute Gasteiger partial charge is 0.312 e. The molecule has 2 nitrogen and oxygen atoms in total. The Morgan fingerprint density at radius 1 is 1.44 bits per heavy atom. The van der Waals surface area contributed by atoms with Crippen molar-refractivity contribution in [1.29, 1.82) is 0 Å². The van der Waals surface area contributed by atoms with Crippen molar-refractivity contribution < 1.29 is 0 Å². The van der Waals surface area contributed by atoms with Gasteiger partial charge in [0.05, 0.1) is 6.04 Å². The highest BCUT2D eigenvalue weighted by Crippen LogP contribution is 2.23. The van der Waals surface area contributed by atoms with Crippen LogP contribution in [0.25, 0.3) is 4.85 Å². The number of rotatable bonds is 3. The molecule has 1 aromatic carbocycles. The Morgan fingerprint density at radius 2 is 2.19 bits per heavy atom. The molecule has 0 amide bonds. The summed E-state index contributed by atoms with van der Waals surface area (Å²) >= 11 is 0. The first-order chi connectivity index (χ1) is 7.81. The normalized spacial score (nSPS) is 22.9. The minimum Gasteiger partial charge on any atom is -0.312 e. The summed E-state index contributed by atoms with van der Waals surface area (Å²) in [6, 6.07) is 11.1. The fourth-order valence-corrected chi connectivity index (χ4v) is 2.50. The second kappa shape index (κ2) is 5.14. The Labute approximate surface area is 97.7 Å². The topological polar surface area (TPSA) is 7.60 Å². The maximum atomic E-state index is 7.14. The van der Waals surface area contributed by atoms with Crippen molar-refractivity contribution in [2.75, 3.05) is 6.54 Å². The van der Waals surface area contributed by atoms with Crippen molar-refractivity contribution in [3.05, 3.63) is 47.3 Å². The summed E-state index contributed by atoms with van der Waals surface area (Å²) in [5, 5.41) is 0. The summed E-state index contributed by atoms with van der Waals surface area (Å²) in [4.78, 5) is 6.13. The van der Waals surface area contributed by atoms with E-state index in [2.05, 4.69) is 34.0 Å². The molecule has 0 bridgehead atoms. The van der Waals surface area contributed by atoms with Gasteiger partial charge in [-0.15, -0.1) is 0 Å². The van der Waals surface area contributed by atoms with Gasteiger partial charge in [-0.2, -0.15) is 0 Å². The molecule has 1 aromatic rings. The lowest BCUT2D eigenvalue weighted by Crippen LogP contribution is -2.35. The van der Waals surface area contributed by atoms with Crippen molar-refractivity contribution >= 4 is 0 Å². The Balaban J connectivity index is 2.02. The second-order valence-corrected chi connectivity index (χ2v) is 4.54. The Bertz CT molecular complexity index is 366. The van der Waals surface area contributed by atoms with Crippen molar-refractivity contribution in [2.45, 2.75) is 38.4 Å². The maximum absolute atomic E-state index is 7.14. The first kappa shape index (κ1) is 11.2. The zero-order chi connectivity index (χ0) is 11.4. The molecule has 0 aromatic heterocycles. The summed E-state index contributed by atoms with van der Waals surface area (Å²) in [7, 11) is 0. The molecule has 0 aliphatic carbocycles. The van der Waals surface area contributed by atoms with E-state index in [1.807, 2.05) is 13.0 Å². The third kappa shape index (κ3) is 2.43. The fourth-order valence-electron chi connectivity index (χ4n) is 2.50. The van der Waals surface area contributed by atoms with Crippen LogP contribution in [-0.2, 0) is 6.54 Å². The van der Waals surface area contributed by atoms with Crippen LogP contribution in [0, 0.1) is 6.57 Å². The minimum absolute atomic E-state index is 0.131. The molecule has 0 saturated carbocycles. The molecule has 1 aliphatic rings. The predicted molar refractivity (Wildman–Crippen MR) is 65.9 cm³/mol. The number of likely N-dealkylation sites (tertiary alicyclic amines) is 1. The van der Waals surface area contributed by atoms with Crippen LogP contribution in [0.4, 0.5) is 0 Å². The van der Waals surface area contributed by atoms with Crippen LogP contribution in [0.3, 0.4) is 0 Å². The third-order valence-electron chi connectivity index (χ3n) is 3.40. The standard InChI is InChI=1S/C14H18N2/c1-12(15-2)14-9-6-10-16(14)11-13-7-4-3-5-8-13/h3-5,7-8,12,14H,6,9-11H2,1H3. The van der Waals surface area contributed by atoms with Crippen LogP contribution >= 0.6 is 0 Å². The lowest BCUT2D eigenvalue weighted by molar-refractivity contribution is 0.233. The van der Waals surface area contributed by atoms with Crippen LogP contribution in [0.1, 0.15) is 25.3 Å². The maximum Gasteiger partial charge on any atom is 0.236 e. The average molecular weight is 214 g/mol. The van der Waals surface area contributed by atoms with Gasteiger partial charge in [0.2, 0.25) is 6.04 Å². The van der Waals surface area contributed by atoms with E-state index in [9.17, 15) is 0 Å². The highest BCUT2D eigenvalue weighted by molar-refractivity contribution is 5.15. The van der Waals surface area contributed by atoms with Crippen LogP contribution < -0.4 is 0 Å². The molecular weight excluding hydrogens is 196 g/mol. The summed E-state index contributed by atoms with van der Waals surface area (Å²) in [6.07, 6.45) is 2.41. The van der Waals surface area contributed by atoms with Crippen molar-refractivity contribution in [3.63, 3.8) is 0 Å². The first-order valence-corrected chi connectivity index (χ1v) is 5.96. The second-order valence-electron chi connectivity index (χ2n) is 4.54. The van der Waals surface area contributed by atoms with Crippen molar-refractivity contribution in [2.24, 2.45) is 0 Å². The minimum atomic E-state index is 0.131. The highest BCUT2D eigenvalue weighted by Gasteiger charge is 2.32. The van der Waals surface area contributed by atoms with Gasteiger partial charge in [-0.05, 0) is 24.9 Å². The van der Waals surface area contributed by atoms with E-state index in [1.54, 1.807) is 0 Å². The molecular formula is C14H18N2. The zero-order valence-corrected chi connectivity index (χ0v) is 9.76. The molecule has 1 aliphatic heterocycles. The fraction of sp³-hybridized carbons (Fsp3) is 0.500. The Hall–Kier alpha value is -1.33. The van der Waals surface area contributed by atoms with Gasteiger partial charge in [0, 0.05) is 13.5 Å². The molecule has 84 valence electrons. The van der Waals surface area contributed by atoms with E-state index >= 15 is 0 Å². The highest BCUT2D eigenvalue weighted by atomic mass is 15.2. The smallest absolute Gasteiger partial charge is 0.236 e. The first-order valence-electron chi connectivity index (χ1n) is 5.96. The van der Waals surface area contributed by atoms with Gasteiger partial charge in [-0.3, -0.25) is 4.90 Å². The monoisotopic (exact) mass is 214 g/mol. The number of hydrogen-bond acceptors (Lipinski definition) is 1. The molecule has 2 unspecified atom stereocenters. The molecule has 0 radical (unpaired) electrons. The predicted octanol–water partition coefficient (Wildman–Crippen LogP) is 2.96. The lowest BCUT2D eigenvalue weighted by Gasteiger charge is -2.23. The van der Waals surface area contributed by atoms with E-state index in [1.165, 1.54) is 18.4 Å². The van der Waals surface area contributed by atoms with Crippen LogP contribution in [-0.4, -0.2) is 23.5 Å². The summed E-state index contributed by atoms with van der Waals surface area (Å²) in [5.41, 5.74) is 1.35. The summed E-state index contributed by atoms with van der Waals surface area (Å²) < 4.78 is 0. The molecule has 1 fully saturated rings. The van der Waals surface area contributed by atoms with Crippen molar-refractivity contribution in [3.8, 4) is 0 Å². The molecule has 16 heavy (non-hydrogen) atoms. The van der Waals surface area contributed by atoms with Crippen LogP contribution in [0.5, 0.6) is 0 Å². The molecule has 0 N–H and O–H groups in total. The van der Waals surface area contributed by atoms with E-state index in [-0.39, 0.29) is 6.04 Å². The van der Waals surface area contributed by atoms with Gasteiger partial charge in [0.25, 0.3) is 0 Å². The molecule has 2 rings (SSSR count). The van der Waals surface area contributed by atoms with Gasteiger partial charge >= 0.3 is 0 Å². The Kier molecular flexibility index (Phi) is 3.58. The van der Waals surface area contributed by atoms with Gasteiger partial charge in [0.15, 0.2) is 0 Å². The van der Waals surface area contributed by atoms with Gasteiger partial charge in [0.1, 0.15) is 0 Å². The lowest BCUT2D eigenvalue weighted by atomic mass is 10.1. The van der Waals surface area contributed by atoms with Gasteiger partial charge in [-0.25, -0.2) is 6.57 Å². The number of nitrogens with zero attached hydrogens (tertiary/aromatic N) is 2. The van der Waals surface area contributed by atoms with E-state index in [0.717, 1.165) is 13.1 Å². The number of benzene rings is 1. The molecule has 2 atom stereocenters. The molecule has 2 heteroatoms. The summed E-state index contributed by atoms with van der Waals surface area (Å²) in [6.45, 7) is 11.3. The molecule has 1 heterocycles. The Morgan fingerprint density at radius 3 is 2.88 bits per heavy atom. The van der Waals surface area contributed by atoms with Crippen LogP contribution in [0.2, 0.25) is 0 Å². The zero-order valence-electron chi connectivity index (χ0n) is 9.76. The van der Waals surface area contributed by atoms with E-state index in [4.69, 9.17) is 6.57 Å². The van der Waals surface area contributed by atoms with E-state index in [0.29, 0.717) is 6.04 Å². The third-order valence-corrected chi connectivity index (χ3v) is 3.40.